The Morgan fingerprint density at radius 1 is 1.27 bits per heavy atom. The summed E-state index contributed by atoms with van der Waals surface area (Å²) in [4.78, 5) is 37.6. The van der Waals surface area contributed by atoms with Crippen molar-refractivity contribution in [2.75, 3.05) is 5.32 Å². The van der Waals surface area contributed by atoms with Gasteiger partial charge in [0, 0.05) is 11.6 Å². The Morgan fingerprint density at radius 3 is 2.55 bits per heavy atom. The summed E-state index contributed by atoms with van der Waals surface area (Å²) in [5, 5.41) is 2.92. The quantitative estimate of drug-likeness (QED) is 0.689. The van der Waals surface area contributed by atoms with E-state index in [1.807, 2.05) is 45.0 Å². The number of anilines is 1. The van der Waals surface area contributed by atoms with Crippen LogP contribution >= 0.6 is 0 Å². The molecule has 2 aliphatic rings. The summed E-state index contributed by atoms with van der Waals surface area (Å²) in [6.45, 7) is 5.76. The smallest absolute Gasteiger partial charge is 0.239 e. The van der Waals surface area contributed by atoms with Gasteiger partial charge in [0.1, 0.15) is 5.41 Å². The van der Waals surface area contributed by atoms with E-state index < -0.39 is 16.6 Å². The highest BCUT2D eigenvalue weighted by Crippen LogP contribution is 2.62. The van der Waals surface area contributed by atoms with Crippen LogP contribution in [0.2, 0.25) is 0 Å². The molecule has 3 rings (SSSR count). The molecule has 4 nitrogen and oxygen atoms in total. The van der Waals surface area contributed by atoms with E-state index >= 15 is 0 Å². The van der Waals surface area contributed by atoms with E-state index in [4.69, 9.17) is 0 Å². The van der Waals surface area contributed by atoms with Gasteiger partial charge in [-0.3, -0.25) is 14.4 Å². The number of benzene rings is 1. The van der Waals surface area contributed by atoms with Gasteiger partial charge in [0.25, 0.3) is 0 Å². The van der Waals surface area contributed by atoms with Crippen LogP contribution in [0.5, 0.6) is 0 Å². The first kappa shape index (κ1) is 14.9. The molecule has 1 aromatic carbocycles. The fourth-order valence-electron chi connectivity index (χ4n) is 4.26. The fourth-order valence-corrected chi connectivity index (χ4v) is 4.26. The third-order valence-corrected chi connectivity index (χ3v) is 5.74. The summed E-state index contributed by atoms with van der Waals surface area (Å²) in [7, 11) is 0. The summed E-state index contributed by atoms with van der Waals surface area (Å²) in [5.41, 5.74) is -0.0469. The third kappa shape index (κ3) is 1.67. The van der Waals surface area contributed by atoms with Crippen LogP contribution in [-0.2, 0) is 20.8 Å². The molecule has 2 saturated carbocycles. The monoisotopic (exact) mass is 299 g/mol. The number of carbonyl (C=O) groups excluding carboxylic acids is 3. The van der Waals surface area contributed by atoms with Crippen LogP contribution in [0, 0.1) is 16.7 Å². The number of amides is 1. The van der Waals surface area contributed by atoms with Gasteiger partial charge in [-0.05, 0) is 36.3 Å². The second kappa shape index (κ2) is 4.77. The molecule has 2 unspecified atom stereocenters. The zero-order valence-electron chi connectivity index (χ0n) is 13.2. The summed E-state index contributed by atoms with van der Waals surface area (Å²) in [6, 6.07) is 7.58. The van der Waals surface area contributed by atoms with Crippen molar-refractivity contribution < 1.29 is 14.4 Å². The summed E-state index contributed by atoms with van der Waals surface area (Å²) in [6.07, 6.45) is 1.89. The van der Waals surface area contributed by atoms with Gasteiger partial charge < -0.3 is 5.32 Å². The zero-order valence-corrected chi connectivity index (χ0v) is 13.2. The Bertz CT molecular complexity index is 677. The van der Waals surface area contributed by atoms with Crippen molar-refractivity contribution in [3.05, 3.63) is 29.8 Å². The average Bonchev–Trinajstić information content (AvgIpc) is 2.84. The van der Waals surface area contributed by atoms with Crippen LogP contribution < -0.4 is 5.32 Å². The van der Waals surface area contributed by atoms with E-state index in [-0.39, 0.29) is 17.6 Å². The number of para-hydroxylation sites is 1. The fraction of sp³-hybridized carbons (Fsp3) is 0.500. The van der Waals surface area contributed by atoms with E-state index in [0.29, 0.717) is 12.8 Å². The maximum Gasteiger partial charge on any atom is 0.239 e. The standard InChI is InChI=1S/C18H21NO3/c1-4-11-7-5-6-8-13(11)19-16(22)18-10-9-12(17(18,2)3)14(20)15(18)21/h5-8,12H,4,9-10H2,1-3H3,(H,19,22). The lowest BCUT2D eigenvalue weighted by atomic mass is 9.68. The van der Waals surface area contributed by atoms with Crippen LogP contribution in [0.4, 0.5) is 5.69 Å². The van der Waals surface area contributed by atoms with E-state index in [1.165, 1.54) is 0 Å². The number of carbonyl (C=O) groups is 3. The number of hydrogen-bond donors (Lipinski definition) is 1. The number of hydrogen-bond acceptors (Lipinski definition) is 3. The highest BCUT2D eigenvalue weighted by atomic mass is 16.2. The van der Waals surface area contributed by atoms with Crippen LogP contribution in [0.25, 0.3) is 0 Å². The molecular weight excluding hydrogens is 278 g/mol. The van der Waals surface area contributed by atoms with E-state index in [0.717, 1.165) is 17.7 Å². The summed E-state index contributed by atoms with van der Waals surface area (Å²) < 4.78 is 0. The maximum atomic E-state index is 12.9. The second-order valence-corrected chi connectivity index (χ2v) is 6.88. The largest absolute Gasteiger partial charge is 0.325 e. The molecule has 0 heterocycles. The normalized spacial score (nSPS) is 29.0. The molecule has 22 heavy (non-hydrogen) atoms. The number of ketones is 2. The Labute approximate surface area is 130 Å². The first-order chi connectivity index (χ1) is 10.4. The third-order valence-electron chi connectivity index (χ3n) is 5.74. The lowest BCUT2D eigenvalue weighted by Gasteiger charge is -2.34. The van der Waals surface area contributed by atoms with Gasteiger partial charge in [-0.2, -0.15) is 0 Å². The van der Waals surface area contributed by atoms with Crippen LogP contribution in [-0.4, -0.2) is 17.5 Å². The zero-order chi connectivity index (χ0) is 16.1. The Balaban J connectivity index is 1.98. The number of nitrogens with one attached hydrogen (secondary N) is 1. The molecule has 0 radical (unpaired) electrons. The molecule has 0 aromatic heterocycles. The van der Waals surface area contributed by atoms with Gasteiger partial charge in [0.05, 0.1) is 0 Å². The summed E-state index contributed by atoms with van der Waals surface area (Å²) >= 11 is 0. The molecule has 2 atom stereocenters. The van der Waals surface area contributed by atoms with E-state index in [2.05, 4.69) is 5.32 Å². The molecule has 0 spiro atoms. The van der Waals surface area contributed by atoms with E-state index in [1.54, 1.807) is 0 Å². The SMILES string of the molecule is CCc1ccccc1NC(=O)C12CCC(C(=O)C1=O)C2(C)C. The molecular formula is C18H21NO3. The minimum absolute atomic E-state index is 0.313. The first-order valence-electron chi connectivity index (χ1n) is 7.84. The lowest BCUT2D eigenvalue weighted by molar-refractivity contribution is -0.147. The second-order valence-electron chi connectivity index (χ2n) is 6.88. The van der Waals surface area contributed by atoms with Crippen molar-refractivity contribution in [1.82, 2.24) is 0 Å². The van der Waals surface area contributed by atoms with Crippen molar-refractivity contribution >= 4 is 23.2 Å². The van der Waals surface area contributed by atoms with Gasteiger partial charge in [-0.1, -0.05) is 39.0 Å². The predicted molar refractivity (Wildman–Crippen MR) is 83.4 cm³/mol. The molecule has 1 amide bonds. The molecule has 2 aliphatic carbocycles. The van der Waals surface area contributed by atoms with Gasteiger partial charge >= 0.3 is 0 Å². The van der Waals surface area contributed by atoms with Gasteiger partial charge in [-0.25, -0.2) is 0 Å². The molecule has 1 N–H and O–H groups in total. The summed E-state index contributed by atoms with van der Waals surface area (Å²) in [5.74, 6) is -1.50. The minimum Gasteiger partial charge on any atom is -0.325 e. The highest BCUT2D eigenvalue weighted by molar-refractivity contribution is 6.48. The maximum absolute atomic E-state index is 12.9. The van der Waals surface area contributed by atoms with Crippen LogP contribution in [0.3, 0.4) is 0 Å². The van der Waals surface area contributed by atoms with Crippen molar-refractivity contribution in [3.63, 3.8) is 0 Å². The van der Waals surface area contributed by atoms with Crippen LogP contribution in [0.1, 0.15) is 39.2 Å². The topological polar surface area (TPSA) is 63.2 Å². The van der Waals surface area contributed by atoms with Crippen molar-refractivity contribution in [2.24, 2.45) is 16.7 Å². The van der Waals surface area contributed by atoms with Crippen molar-refractivity contribution in [3.8, 4) is 0 Å². The number of rotatable bonds is 3. The van der Waals surface area contributed by atoms with Crippen molar-refractivity contribution in [1.29, 1.82) is 0 Å². The number of Topliss-reactive ketones (excluding diaryl/α,β-unsaturated/α-hetero) is 2. The Kier molecular flexibility index (Phi) is 3.24. The molecule has 1 aromatic rings. The predicted octanol–water partition coefficient (Wildman–Crippen LogP) is 2.76. The molecule has 116 valence electrons. The van der Waals surface area contributed by atoms with E-state index in [9.17, 15) is 14.4 Å². The Hall–Kier alpha value is -1.97. The first-order valence-corrected chi connectivity index (χ1v) is 7.84. The molecule has 2 bridgehead atoms. The number of fused-ring (bicyclic) bond motifs is 2. The van der Waals surface area contributed by atoms with Gasteiger partial charge in [0.2, 0.25) is 17.5 Å². The molecule has 2 fully saturated rings. The molecule has 4 heteroatoms. The van der Waals surface area contributed by atoms with Crippen LogP contribution in [0.15, 0.2) is 24.3 Å². The van der Waals surface area contributed by atoms with Gasteiger partial charge in [0.15, 0.2) is 0 Å². The van der Waals surface area contributed by atoms with Gasteiger partial charge in [-0.15, -0.1) is 0 Å². The molecule has 0 saturated heterocycles. The average molecular weight is 299 g/mol. The van der Waals surface area contributed by atoms with Crippen molar-refractivity contribution in [2.45, 2.75) is 40.0 Å². The number of aryl methyl sites for hydroxylation is 1. The molecule has 0 aliphatic heterocycles. The Morgan fingerprint density at radius 2 is 1.95 bits per heavy atom. The highest BCUT2D eigenvalue weighted by Gasteiger charge is 2.72. The minimum atomic E-state index is -1.20. The lowest BCUT2D eigenvalue weighted by Crippen LogP contribution is -2.47.